The number of aryl methyl sites for hydroxylation is 1. The van der Waals surface area contributed by atoms with E-state index in [0.717, 1.165) is 18.2 Å². The second-order valence-corrected chi connectivity index (χ2v) is 7.23. The Bertz CT molecular complexity index is 990. The molecule has 0 atom stereocenters. The molecule has 0 unspecified atom stereocenters. The molecule has 0 radical (unpaired) electrons. The van der Waals surface area contributed by atoms with Crippen LogP contribution >= 0.6 is 11.6 Å². The molecular weight excluding hydrogens is 372 g/mol. The van der Waals surface area contributed by atoms with Crippen LogP contribution in [0.15, 0.2) is 41.3 Å². The molecule has 1 aliphatic rings. The summed E-state index contributed by atoms with van der Waals surface area (Å²) in [6.07, 6.45) is 0.689. The lowest BCUT2D eigenvalue weighted by atomic mass is 10.0. The van der Waals surface area contributed by atoms with Crippen molar-refractivity contribution in [1.29, 1.82) is 0 Å². The third-order valence-corrected chi connectivity index (χ3v) is 5.11. The normalized spacial score (nSPS) is 13.7. The Morgan fingerprint density at radius 1 is 1.16 bits per heavy atom. The zero-order chi connectivity index (χ0) is 18.2. The van der Waals surface area contributed by atoms with Gasteiger partial charge in [0.15, 0.2) is 5.75 Å². The van der Waals surface area contributed by atoms with Crippen LogP contribution in [0.2, 0.25) is 5.02 Å². The quantitative estimate of drug-likeness (QED) is 0.493. The Labute approximate surface area is 147 Å². The van der Waals surface area contributed by atoms with Crippen molar-refractivity contribution in [2.45, 2.75) is 17.7 Å². The van der Waals surface area contributed by atoms with Crippen LogP contribution < -0.4 is 9.50 Å². The van der Waals surface area contributed by atoms with Crippen molar-refractivity contribution < 1.29 is 22.3 Å². The largest absolute Gasteiger partial charge is 0.377 e. The summed E-state index contributed by atoms with van der Waals surface area (Å²) >= 11 is 5.86. The molecule has 0 bridgehead atoms. The number of nitrogens with zero attached hydrogens (tertiary/aromatic N) is 1. The summed E-state index contributed by atoms with van der Waals surface area (Å²) in [6.45, 7) is 0. The molecule has 130 valence electrons. The molecule has 1 N–H and O–H groups in total. The molecule has 2 aromatic rings. The zero-order valence-corrected chi connectivity index (χ0v) is 14.1. The first kappa shape index (κ1) is 17.2. The van der Waals surface area contributed by atoms with Gasteiger partial charge in [-0.25, -0.2) is 0 Å². The molecule has 3 rings (SSSR count). The molecule has 10 heteroatoms. The first-order valence-corrected chi connectivity index (χ1v) is 8.86. The third-order valence-electron chi connectivity index (χ3n) is 3.59. The predicted octanol–water partition coefficient (Wildman–Crippen LogP) is 2.90. The lowest BCUT2D eigenvalue weighted by molar-refractivity contribution is -0.384. The monoisotopic (exact) mass is 382 g/mol. The van der Waals surface area contributed by atoms with E-state index >= 15 is 0 Å². The van der Waals surface area contributed by atoms with Crippen molar-refractivity contribution in [1.82, 2.24) is 0 Å². The number of fused-ring (bicyclic) bond motifs is 1. The molecule has 0 saturated carbocycles. The molecule has 0 spiro atoms. The van der Waals surface area contributed by atoms with E-state index in [4.69, 9.17) is 15.8 Å². The first-order valence-electron chi connectivity index (χ1n) is 7.07. The number of anilines is 1. The standard InChI is InChI=1S/C15H11ClN2O6S/c16-12-8-10(18(20)21)2-5-14(12)24-25(22,23)11-3-4-13-9(7-11)1-6-15(19)17-13/h2-5,7-8H,1,6H2,(H,17,19). The molecular formula is C15H11ClN2O6S. The molecule has 2 aromatic carbocycles. The van der Waals surface area contributed by atoms with Crippen molar-refractivity contribution in [2.24, 2.45) is 0 Å². The number of halogens is 1. The average Bonchev–Trinajstić information content (AvgIpc) is 2.55. The lowest BCUT2D eigenvalue weighted by Crippen LogP contribution is -2.19. The molecule has 1 heterocycles. The Morgan fingerprint density at radius 3 is 2.60 bits per heavy atom. The van der Waals surface area contributed by atoms with Gasteiger partial charge in [0, 0.05) is 24.2 Å². The van der Waals surface area contributed by atoms with Gasteiger partial charge in [-0.05, 0) is 36.2 Å². The number of non-ortho nitro benzene ring substituents is 1. The van der Waals surface area contributed by atoms with E-state index in [0.29, 0.717) is 17.7 Å². The van der Waals surface area contributed by atoms with Gasteiger partial charge in [0.2, 0.25) is 5.91 Å². The van der Waals surface area contributed by atoms with Gasteiger partial charge in [-0.3, -0.25) is 14.9 Å². The lowest BCUT2D eigenvalue weighted by Gasteiger charge is -2.17. The van der Waals surface area contributed by atoms with Crippen LogP contribution in [-0.2, 0) is 21.3 Å². The summed E-state index contributed by atoms with van der Waals surface area (Å²) in [5, 5.41) is 13.2. The number of nitro benzene ring substituents is 1. The van der Waals surface area contributed by atoms with Gasteiger partial charge >= 0.3 is 10.1 Å². The predicted molar refractivity (Wildman–Crippen MR) is 89.3 cm³/mol. The van der Waals surface area contributed by atoms with Crippen molar-refractivity contribution in [3.8, 4) is 5.75 Å². The molecule has 25 heavy (non-hydrogen) atoms. The van der Waals surface area contributed by atoms with Crippen molar-refractivity contribution in [2.75, 3.05) is 5.32 Å². The maximum Gasteiger partial charge on any atom is 0.339 e. The second kappa shape index (κ2) is 6.34. The van der Waals surface area contributed by atoms with Gasteiger partial charge in [0.25, 0.3) is 5.69 Å². The Morgan fingerprint density at radius 2 is 1.92 bits per heavy atom. The van der Waals surface area contributed by atoms with E-state index in [-0.39, 0.29) is 33.7 Å². The van der Waals surface area contributed by atoms with Crippen molar-refractivity contribution >= 4 is 39.0 Å². The minimum Gasteiger partial charge on any atom is -0.377 e. The van der Waals surface area contributed by atoms with Gasteiger partial charge in [-0.1, -0.05) is 11.6 Å². The summed E-state index contributed by atoms with van der Waals surface area (Å²) in [5.74, 6) is -0.338. The minimum atomic E-state index is -4.18. The average molecular weight is 383 g/mol. The number of carbonyl (C=O) groups is 1. The number of nitro groups is 1. The Hall–Kier alpha value is -2.65. The van der Waals surface area contributed by atoms with Crippen LogP contribution in [0.4, 0.5) is 11.4 Å². The van der Waals surface area contributed by atoms with Crippen LogP contribution in [-0.4, -0.2) is 19.2 Å². The summed E-state index contributed by atoms with van der Waals surface area (Å²) < 4.78 is 29.8. The van der Waals surface area contributed by atoms with Gasteiger partial charge < -0.3 is 9.50 Å². The number of hydrogen-bond acceptors (Lipinski definition) is 6. The van der Waals surface area contributed by atoms with Crippen LogP contribution in [0.25, 0.3) is 0 Å². The highest BCUT2D eigenvalue weighted by molar-refractivity contribution is 7.87. The van der Waals surface area contributed by atoms with Crippen molar-refractivity contribution in [3.63, 3.8) is 0 Å². The Balaban J connectivity index is 1.90. The van der Waals surface area contributed by atoms with Crippen LogP contribution in [0.3, 0.4) is 0 Å². The number of rotatable bonds is 4. The van der Waals surface area contributed by atoms with Crippen LogP contribution in [0, 0.1) is 10.1 Å². The molecule has 1 aliphatic heterocycles. The van der Waals surface area contributed by atoms with Crippen LogP contribution in [0.1, 0.15) is 12.0 Å². The second-order valence-electron chi connectivity index (χ2n) is 5.28. The number of hydrogen-bond donors (Lipinski definition) is 1. The fourth-order valence-electron chi connectivity index (χ4n) is 2.35. The Kier molecular flexibility index (Phi) is 4.36. The highest BCUT2D eigenvalue weighted by Gasteiger charge is 2.23. The SMILES string of the molecule is O=C1CCc2cc(S(=O)(=O)Oc3ccc([N+](=O)[O-])cc3Cl)ccc2N1. The fraction of sp³-hybridized carbons (Fsp3) is 0.133. The molecule has 0 aliphatic carbocycles. The van der Waals surface area contributed by atoms with E-state index < -0.39 is 15.0 Å². The number of benzene rings is 2. The van der Waals surface area contributed by atoms with Gasteiger partial charge in [0.05, 0.1) is 9.95 Å². The number of carbonyl (C=O) groups excluding carboxylic acids is 1. The minimum absolute atomic E-state index is 0.100. The fourth-order valence-corrected chi connectivity index (χ4v) is 3.61. The number of nitrogens with one attached hydrogen (secondary N) is 1. The van der Waals surface area contributed by atoms with E-state index in [2.05, 4.69) is 5.32 Å². The summed E-state index contributed by atoms with van der Waals surface area (Å²) in [6, 6.07) is 7.44. The smallest absolute Gasteiger partial charge is 0.339 e. The molecule has 0 fully saturated rings. The van der Waals surface area contributed by atoms with E-state index in [1.54, 1.807) is 0 Å². The summed E-state index contributed by atoms with van der Waals surface area (Å²) in [4.78, 5) is 21.3. The zero-order valence-electron chi connectivity index (χ0n) is 12.6. The highest BCUT2D eigenvalue weighted by Crippen LogP contribution is 2.32. The van der Waals surface area contributed by atoms with E-state index in [1.165, 1.54) is 18.2 Å². The first-order chi connectivity index (χ1) is 11.8. The maximum absolute atomic E-state index is 12.4. The van der Waals surface area contributed by atoms with Gasteiger partial charge in [-0.15, -0.1) is 0 Å². The van der Waals surface area contributed by atoms with Gasteiger partial charge in [-0.2, -0.15) is 8.42 Å². The summed E-state index contributed by atoms with van der Waals surface area (Å²) in [7, 11) is -4.18. The maximum atomic E-state index is 12.4. The molecule has 8 nitrogen and oxygen atoms in total. The van der Waals surface area contributed by atoms with Crippen molar-refractivity contribution in [3.05, 3.63) is 57.1 Å². The van der Waals surface area contributed by atoms with Gasteiger partial charge in [0.1, 0.15) is 4.90 Å². The highest BCUT2D eigenvalue weighted by atomic mass is 35.5. The third kappa shape index (κ3) is 3.57. The van der Waals surface area contributed by atoms with Crippen LogP contribution in [0.5, 0.6) is 5.75 Å². The van der Waals surface area contributed by atoms with E-state index in [9.17, 15) is 23.3 Å². The van der Waals surface area contributed by atoms with E-state index in [1.807, 2.05) is 0 Å². The molecule has 0 aromatic heterocycles. The number of amides is 1. The topological polar surface area (TPSA) is 116 Å². The summed E-state index contributed by atoms with van der Waals surface area (Å²) in [5.41, 5.74) is 0.960. The molecule has 0 saturated heterocycles. The molecule has 1 amide bonds.